The van der Waals surface area contributed by atoms with Crippen LogP contribution in [-0.4, -0.2) is 17.8 Å². The molecule has 4 heteroatoms. The van der Waals surface area contributed by atoms with Gasteiger partial charge in [-0.3, -0.25) is 0 Å². The van der Waals surface area contributed by atoms with Gasteiger partial charge in [-0.05, 0) is 40.0 Å². The summed E-state index contributed by atoms with van der Waals surface area (Å²) in [6.45, 7) is 3.13. The van der Waals surface area contributed by atoms with Crippen molar-refractivity contribution in [2.24, 2.45) is 0 Å². The highest BCUT2D eigenvalue weighted by Gasteiger charge is 2.02. The van der Waals surface area contributed by atoms with Crippen molar-refractivity contribution in [1.82, 2.24) is 5.32 Å². The maximum absolute atomic E-state index is 12.9. The SMILES string of the molecule is CCC(O)CNCc1ccc(F)c(Br)c1. The summed E-state index contributed by atoms with van der Waals surface area (Å²) in [6, 6.07) is 4.89. The van der Waals surface area contributed by atoms with Gasteiger partial charge in [-0.1, -0.05) is 13.0 Å². The fourth-order valence-corrected chi connectivity index (χ4v) is 1.60. The van der Waals surface area contributed by atoms with E-state index in [1.165, 1.54) is 6.07 Å². The number of hydrogen-bond acceptors (Lipinski definition) is 2. The summed E-state index contributed by atoms with van der Waals surface area (Å²) >= 11 is 3.13. The molecule has 0 saturated carbocycles. The van der Waals surface area contributed by atoms with Crippen molar-refractivity contribution in [3.8, 4) is 0 Å². The molecule has 0 aliphatic rings. The summed E-state index contributed by atoms with van der Waals surface area (Å²) in [5.74, 6) is -0.257. The zero-order valence-electron chi connectivity index (χ0n) is 8.63. The lowest BCUT2D eigenvalue weighted by Gasteiger charge is -2.09. The minimum absolute atomic E-state index is 0.257. The van der Waals surface area contributed by atoms with Crippen LogP contribution in [0.3, 0.4) is 0 Å². The highest BCUT2D eigenvalue weighted by atomic mass is 79.9. The number of hydrogen-bond donors (Lipinski definition) is 2. The summed E-state index contributed by atoms with van der Waals surface area (Å²) in [5.41, 5.74) is 0.992. The lowest BCUT2D eigenvalue weighted by Crippen LogP contribution is -2.25. The van der Waals surface area contributed by atoms with Gasteiger partial charge in [-0.15, -0.1) is 0 Å². The van der Waals surface area contributed by atoms with Crippen molar-refractivity contribution < 1.29 is 9.50 Å². The summed E-state index contributed by atoms with van der Waals surface area (Å²) in [5, 5.41) is 12.4. The molecule has 1 aromatic rings. The number of halogens is 2. The van der Waals surface area contributed by atoms with Crippen molar-refractivity contribution in [2.75, 3.05) is 6.54 Å². The van der Waals surface area contributed by atoms with Gasteiger partial charge in [0.05, 0.1) is 10.6 Å². The number of aliphatic hydroxyl groups is 1. The molecule has 84 valence electrons. The maximum atomic E-state index is 12.9. The molecule has 0 heterocycles. The Balaban J connectivity index is 2.41. The fourth-order valence-electron chi connectivity index (χ4n) is 1.18. The van der Waals surface area contributed by atoms with Gasteiger partial charge in [0.25, 0.3) is 0 Å². The van der Waals surface area contributed by atoms with Crippen LogP contribution in [0.1, 0.15) is 18.9 Å². The molecule has 0 amide bonds. The Kier molecular flexibility index (Phi) is 5.22. The van der Waals surface area contributed by atoms with Crippen molar-refractivity contribution in [2.45, 2.75) is 26.0 Å². The van der Waals surface area contributed by atoms with Crippen LogP contribution in [0.2, 0.25) is 0 Å². The molecule has 0 bridgehead atoms. The van der Waals surface area contributed by atoms with Crippen LogP contribution in [0, 0.1) is 5.82 Å². The van der Waals surface area contributed by atoms with Crippen LogP contribution in [0.5, 0.6) is 0 Å². The minimum atomic E-state index is -0.311. The number of rotatable bonds is 5. The van der Waals surface area contributed by atoms with Crippen molar-refractivity contribution >= 4 is 15.9 Å². The standard InChI is InChI=1S/C11H15BrFNO/c1-2-9(15)7-14-6-8-3-4-11(13)10(12)5-8/h3-5,9,14-15H,2,6-7H2,1H3. The molecule has 1 rings (SSSR count). The van der Waals surface area contributed by atoms with Crippen LogP contribution in [0.25, 0.3) is 0 Å². The molecule has 1 unspecified atom stereocenters. The third-order valence-electron chi connectivity index (χ3n) is 2.16. The molecule has 0 fully saturated rings. The highest BCUT2D eigenvalue weighted by molar-refractivity contribution is 9.10. The third-order valence-corrected chi connectivity index (χ3v) is 2.77. The largest absolute Gasteiger partial charge is 0.392 e. The summed E-state index contributed by atoms with van der Waals surface area (Å²) in [7, 11) is 0. The first kappa shape index (κ1) is 12.6. The van der Waals surface area contributed by atoms with Gasteiger partial charge >= 0.3 is 0 Å². The summed E-state index contributed by atoms with van der Waals surface area (Å²) in [4.78, 5) is 0. The van der Waals surface area contributed by atoms with Gasteiger partial charge in [0.2, 0.25) is 0 Å². The summed E-state index contributed by atoms with van der Waals surface area (Å²) in [6.07, 6.45) is 0.425. The van der Waals surface area contributed by atoms with E-state index in [2.05, 4.69) is 21.2 Å². The molecule has 15 heavy (non-hydrogen) atoms. The van der Waals surface area contributed by atoms with E-state index in [1.807, 2.05) is 6.92 Å². The quantitative estimate of drug-likeness (QED) is 0.865. The van der Waals surface area contributed by atoms with Gasteiger partial charge in [0.1, 0.15) is 5.82 Å². The number of aliphatic hydroxyl groups excluding tert-OH is 1. The molecule has 0 aliphatic carbocycles. The molecular weight excluding hydrogens is 261 g/mol. The molecule has 0 aliphatic heterocycles. The lowest BCUT2D eigenvalue weighted by molar-refractivity contribution is 0.167. The Hall–Kier alpha value is -0.450. The Morgan fingerprint density at radius 2 is 2.27 bits per heavy atom. The van der Waals surface area contributed by atoms with Crippen LogP contribution in [-0.2, 0) is 6.54 Å². The van der Waals surface area contributed by atoms with Crippen molar-refractivity contribution in [1.29, 1.82) is 0 Å². The highest BCUT2D eigenvalue weighted by Crippen LogP contribution is 2.16. The van der Waals surface area contributed by atoms with Crippen molar-refractivity contribution in [3.63, 3.8) is 0 Å². The van der Waals surface area contributed by atoms with Crippen LogP contribution in [0.15, 0.2) is 22.7 Å². The minimum Gasteiger partial charge on any atom is -0.392 e. The predicted octanol–water partition coefficient (Wildman–Crippen LogP) is 2.45. The lowest BCUT2D eigenvalue weighted by atomic mass is 10.2. The molecule has 0 spiro atoms. The van der Waals surface area contributed by atoms with Crippen LogP contribution in [0.4, 0.5) is 4.39 Å². The summed E-state index contributed by atoms with van der Waals surface area (Å²) < 4.78 is 13.4. The molecule has 0 saturated heterocycles. The molecule has 0 radical (unpaired) electrons. The molecule has 1 aromatic carbocycles. The van der Waals surface area contributed by atoms with E-state index in [4.69, 9.17) is 0 Å². The Morgan fingerprint density at radius 1 is 1.53 bits per heavy atom. The zero-order chi connectivity index (χ0) is 11.3. The topological polar surface area (TPSA) is 32.3 Å². The van der Waals surface area contributed by atoms with E-state index in [0.717, 1.165) is 12.0 Å². The average Bonchev–Trinajstić information content (AvgIpc) is 2.23. The Bertz CT molecular complexity index is 319. The molecule has 1 atom stereocenters. The number of nitrogens with one attached hydrogen (secondary N) is 1. The second-order valence-electron chi connectivity index (χ2n) is 3.44. The predicted molar refractivity (Wildman–Crippen MR) is 62.1 cm³/mol. The molecular formula is C11H15BrFNO. The first-order valence-corrected chi connectivity index (χ1v) is 5.75. The molecule has 0 aromatic heterocycles. The van der Waals surface area contributed by atoms with Crippen LogP contribution >= 0.6 is 15.9 Å². The van der Waals surface area contributed by atoms with E-state index in [1.54, 1.807) is 12.1 Å². The smallest absolute Gasteiger partial charge is 0.137 e. The van der Waals surface area contributed by atoms with Gasteiger partial charge in [-0.25, -0.2) is 4.39 Å². The van der Waals surface area contributed by atoms with Crippen LogP contribution < -0.4 is 5.32 Å². The average molecular weight is 276 g/mol. The second kappa shape index (κ2) is 6.20. The first-order valence-electron chi connectivity index (χ1n) is 4.96. The van der Waals surface area contributed by atoms with Crippen molar-refractivity contribution in [3.05, 3.63) is 34.1 Å². The van der Waals surface area contributed by atoms with Gasteiger partial charge in [0, 0.05) is 13.1 Å². The first-order chi connectivity index (χ1) is 7.13. The fraction of sp³-hybridized carbons (Fsp3) is 0.455. The zero-order valence-corrected chi connectivity index (χ0v) is 10.2. The van der Waals surface area contributed by atoms with E-state index in [9.17, 15) is 9.50 Å². The van der Waals surface area contributed by atoms with Gasteiger partial charge < -0.3 is 10.4 Å². The van der Waals surface area contributed by atoms with Gasteiger partial charge in [-0.2, -0.15) is 0 Å². The normalized spacial score (nSPS) is 12.8. The Morgan fingerprint density at radius 3 is 2.87 bits per heavy atom. The van der Waals surface area contributed by atoms with E-state index < -0.39 is 0 Å². The Labute approximate surface area is 97.6 Å². The second-order valence-corrected chi connectivity index (χ2v) is 4.30. The number of benzene rings is 1. The van der Waals surface area contributed by atoms with E-state index >= 15 is 0 Å². The van der Waals surface area contributed by atoms with E-state index in [-0.39, 0.29) is 11.9 Å². The third kappa shape index (κ3) is 4.28. The van der Waals surface area contributed by atoms with E-state index in [0.29, 0.717) is 17.6 Å². The molecule has 2 nitrogen and oxygen atoms in total. The molecule has 2 N–H and O–H groups in total. The monoisotopic (exact) mass is 275 g/mol. The maximum Gasteiger partial charge on any atom is 0.137 e. The van der Waals surface area contributed by atoms with Gasteiger partial charge in [0.15, 0.2) is 0 Å².